The predicted octanol–water partition coefficient (Wildman–Crippen LogP) is 3.86. The molecule has 1 atom stereocenters. The summed E-state index contributed by atoms with van der Waals surface area (Å²) in [5.41, 5.74) is 2.78. The van der Waals surface area contributed by atoms with Crippen molar-refractivity contribution in [1.82, 2.24) is 25.1 Å². The Kier molecular flexibility index (Phi) is 4.78. The van der Waals surface area contributed by atoms with Crippen molar-refractivity contribution in [3.05, 3.63) is 70.0 Å². The fourth-order valence-electron chi connectivity index (χ4n) is 5.07. The number of Topliss-reactive ketones (excluding diaryl/α,β-unsaturated/α-hetero) is 1. The lowest BCUT2D eigenvalue weighted by molar-refractivity contribution is -0.129. The molecule has 1 saturated heterocycles. The molecule has 1 saturated carbocycles. The first-order valence-electron chi connectivity index (χ1n) is 11.3. The van der Waals surface area contributed by atoms with Crippen LogP contribution in [0.15, 0.2) is 53.5 Å². The van der Waals surface area contributed by atoms with E-state index >= 15 is 0 Å². The SMILES string of the molecule is O=C(C1CC1)[C@]1(Cc2n[nH]c(=O)n2-c2ccc(-c3ccc4[nH]ccc4c3)cc2Cl)CCNC1. The Balaban J connectivity index is 1.36. The Morgan fingerprint density at radius 2 is 1.97 bits per heavy atom. The van der Waals surface area contributed by atoms with Crippen molar-refractivity contribution in [2.75, 3.05) is 13.1 Å². The molecule has 2 fully saturated rings. The van der Waals surface area contributed by atoms with Gasteiger partial charge in [-0.1, -0.05) is 23.7 Å². The Hall–Kier alpha value is -3.16. The van der Waals surface area contributed by atoms with E-state index in [9.17, 15) is 9.59 Å². The lowest BCUT2D eigenvalue weighted by Gasteiger charge is -2.26. The van der Waals surface area contributed by atoms with E-state index in [1.54, 1.807) is 0 Å². The lowest BCUT2D eigenvalue weighted by Crippen LogP contribution is -2.38. The van der Waals surface area contributed by atoms with Crippen molar-refractivity contribution in [1.29, 1.82) is 0 Å². The van der Waals surface area contributed by atoms with Crippen molar-refractivity contribution in [2.45, 2.75) is 25.7 Å². The van der Waals surface area contributed by atoms with Crippen molar-refractivity contribution >= 4 is 28.3 Å². The Morgan fingerprint density at radius 1 is 1.15 bits per heavy atom. The number of rotatable bonds is 6. The summed E-state index contributed by atoms with van der Waals surface area (Å²) in [6, 6.07) is 13.9. The van der Waals surface area contributed by atoms with Gasteiger partial charge >= 0.3 is 5.69 Å². The normalized spacial score (nSPS) is 20.5. The van der Waals surface area contributed by atoms with Crippen LogP contribution in [0.5, 0.6) is 0 Å². The molecule has 0 radical (unpaired) electrons. The molecule has 8 heteroatoms. The Labute approximate surface area is 195 Å². The molecule has 4 aromatic rings. The monoisotopic (exact) mass is 461 g/mol. The molecule has 168 valence electrons. The van der Waals surface area contributed by atoms with E-state index in [4.69, 9.17) is 11.6 Å². The number of hydrogen-bond acceptors (Lipinski definition) is 4. The molecule has 7 nitrogen and oxygen atoms in total. The van der Waals surface area contributed by atoms with Gasteiger partial charge in [0.1, 0.15) is 11.6 Å². The summed E-state index contributed by atoms with van der Waals surface area (Å²) in [5.74, 6) is 1.00. The second kappa shape index (κ2) is 7.71. The predicted molar refractivity (Wildman–Crippen MR) is 128 cm³/mol. The highest BCUT2D eigenvalue weighted by Crippen LogP contribution is 2.42. The minimum absolute atomic E-state index is 0.157. The molecule has 0 amide bonds. The minimum atomic E-state index is -0.511. The number of hydrogen-bond donors (Lipinski definition) is 3. The first-order chi connectivity index (χ1) is 16.0. The fourth-order valence-corrected chi connectivity index (χ4v) is 5.34. The summed E-state index contributed by atoms with van der Waals surface area (Å²) in [7, 11) is 0. The third kappa shape index (κ3) is 3.52. The average Bonchev–Trinajstić information content (AvgIpc) is 3.20. The summed E-state index contributed by atoms with van der Waals surface area (Å²) in [6.45, 7) is 1.42. The topological polar surface area (TPSA) is 95.6 Å². The van der Waals surface area contributed by atoms with E-state index < -0.39 is 5.41 Å². The summed E-state index contributed by atoms with van der Waals surface area (Å²) < 4.78 is 1.52. The van der Waals surface area contributed by atoms with Crippen LogP contribution in [-0.2, 0) is 11.2 Å². The first kappa shape index (κ1) is 20.4. The van der Waals surface area contributed by atoms with Crippen molar-refractivity contribution in [2.24, 2.45) is 11.3 Å². The van der Waals surface area contributed by atoms with Crippen LogP contribution in [-0.4, -0.2) is 38.6 Å². The second-order valence-corrected chi connectivity index (χ2v) is 9.66. The number of ketones is 1. The summed E-state index contributed by atoms with van der Waals surface area (Å²) in [5, 5.41) is 11.8. The van der Waals surface area contributed by atoms with E-state index in [0.717, 1.165) is 47.8 Å². The van der Waals surface area contributed by atoms with Crippen LogP contribution in [0, 0.1) is 11.3 Å². The van der Waals surface area contributed by atoms with Crippen LogP contribution < -0.4 is 11.0 Å². The van der Waals surface area contributed by atoms with E-state index in [2.05, 4.69) is 26.6 Å². The van der Waals surface area contributed by atoms with Crippen LogP contribution in [0.1, 0.15) is 25.1 Å². The molecular weight excluding hydrogens is 438 g/mol. The van der Waals surface area contributed by atoms with Gasteiger partial charge in [0.2, 0.25) is 0 Å². The van der Waals surface area contributed by atoms with Gasteiger partial charge in [0.15, 0.2) is 0 Å². The van der Waals surface area contributed by atoms with Gasteiger partial charge in [-0.15, -0.1) is 0 Å². The fraction of sp³-hybridized carbons (Fsp3) is 0.320. The standard InChI is InChI=1S/C25H24ClN5O2/c26-19-12-17(16-3-5-20-18(11-16)7-9-28-20)4-6-21(19)31-22(29-30-24(31)33)13-25(8-10-27-14-25)23(32)15-1-2-15/h3-7,9,11-12,15,27-28H,1-2,8,10,13-14H2,(H,30,33)/t25-/m0/s1. The number of benzene rings is 2. The highest BCUT2D eigenvalue weighted by Gasteiger charge is 2.48. The highest BCUT2D eigenvalue weighted by molar-refractivity contribution is 6.32. The average molecular weight is 462 g/mol. The minimum Gasteiger partial charge on any atom is -0.361 e. The first-order valence-corrected chi connectivity index (χ1v) is 11.7. The number of aromatic nitrogens is 4. The summed E-state index contributed by atoms with van der Waals surface area (Å²) >= 11 is 6.70. The molecule has 1 aliphatic heterocycles. The van der Waals surface area contributed by atoms with Gasteiger partial charge in [0, 0.05) is 36.0 Å². The molecule has 6 rings (SSSR count). The smallest absolute Gasteiger partial charge is 0.347 e. The molecule has 2 aromatic carbocycles. The Bertz CT molecular complexity index is 1420. The van der Waals surface area contributed by atoms with Gasteiger partial charge in [0.05, 0.1) is 10.7 Å². The van der Waals surface area contributed by atoms with E-state index in [1.165, 1.54) is 4.57 Å². The van der Waals surface area contributed by atoms with Gasteiger partial charge < -0.3 is 10.3 Å². The summed E-state index contributed by atoms with van der Waals surface area (Å²) in [4.78, 5) is 29.1. The third-order valence-corrected chi connectivity index (χ3v) is 7.33. The van der Waals surface area contributed by atoms with Gasteiger partial charge in [-0.05, 0) is 72.7 Å². The molecule has 3 N–H and O–H groups in total. The molecule has 0 unspecified atom stereocenters. The molecule has 2 aromatic heterocycles. The van der Waals surface area contributed by atoms with Gasteiger partial charge in [-0.25, -0.2) is 14.5 Å². The quantitative estimate of drug-likeness (QED) is 0.406. The number of carbonyl (C=O) groups excluding carboxylic acids is 1. The van der Waals surface area contributed by atoms with Crippen LogP contribution in [0.25, 0.3) is 27.7 Å². The zero-order valence-electron chi connectivity index (χ0n) is 18.0. The molecule has 1 aliphatic carbocycles. The molecule has 33 heavy (non-hydrogen) atoms. The number of fused-ring (bicyclic) bond motifs is 1. The molecule has 0 bridgehead atoms. The number of nitrogens with one attached hydrogen (secondary N) is 3. The summed E-state index contributed by atoms with van der Waals surface area (Å²) in [6.07, 6.45) is 5.03. The number of aromatic amines is 2. The molecule has 3 heterocycles. The third-order valence-electron chi connectivity index (χ3n) is 7.03. The van der Waals surface area contributed by atoms with E-state index in [-0.39, 0.29) is 11.6 Å². The van der Waals surface area contributed by atoms with Gasteiger partial charge in [-0.3, -0.25) is 4.79 Å². The number of H-pyrrole nitrogens is 2. The van der Waals surface area contributed by atoms with Crippen molar-refractivity contribution in [3.8, 4) is 16.8 Å². The number of halogens is 1. The molecule has 2 aliphatic rings. The Morgan fingerprint density at radius 3 is 2.73 bits per heavy atom. The highest BCUT2D eigenvalue weighted by atomic mass is 35.5. The maximum absolute atomic E-state index is 13.1. The maximum Gasteiger partial charge on any atom is 0.347 e. The van der Waals surface area contributed by atoms with E-state index in [1.807, 2.05) is 42.6 Å². The van der Waals surface area contributed by atoms with Crippen LogP contribution in [0.4, 0.5) is 0 Å². The number of nitrogens with zero attached hydrogens (tertiary/aromatic N) is 2. The van der Waals surface area contributed by atoms with Crippen molar-refractivity contribution < 1.29 is 4.79 Å². The van der Waals surface area contributed by atoms with E-state index in [0.29, 0.717) is 35.3 Å². The van der Waals surface area contributed by atoms with Gasteiger partial charge in [0.25, 0.3) is 0 Å². The van der Waals surface area contributed by atoms with Gasteiger partial charge in [-0.2, -0.15) is 5.10 Å². The lowest BCUT2D eigenvalue weighted by atomic mass is 9.77. The van der Waals surface area contributed by atoms with Crippen LogP contribution in [0.3, 0.4) is 0 Å². The number of carbonyl (C=O) groups is 1. The maximum atomic E-state index is 13.1. The molecule has 0 spiro atoms. The van der Waals surface area contributed by atoms with Crippen LogP contribution >= 0.6 is 11.6 Å². The largest absolute Gasteiger partial charge is 0.361 e. The zero-order chi connectivity index (χ0) is 22.6. The van der Waals surface area contributed by atoms with Crippen LogP contribution in [0.2, 0.25) is 5.02 Å². The zero-order valence-corrected chi connectivity index (χ0v) is 18.8. The molecular formula is C25H24ClN5O2. The second-order valence-electron chi connectivity index (χ2n) is 9.25. The van der Waals surface area contributed by atoms with Crippen molar-refractivity contribution in [3.63, 3.8) is 0 Å².